The minimum Gasteiger partial charge on any atom is -0.218 e. The van der Waals surface area contributed by atoms with Gasteiger partial charge in [0.1, 0.15) is 0 Å². The Morgan fingerprint density at radius 3 is 2.48 bits per heavy atom. The van der Waals surface area contributed by atoms with Crippen molar-refractivity contribution in [3.63, 3.8) is 0 Å². The van der Waals surface area contributed by atoms with Crippen LogP contribution in [-0.4, -0.2) is 8.42 Å². The van der Waals surface area contributed by atoms with Gasteiger partial charge in [0.05, 0.1) is 9.79 Å². The predicted molar refractivity (Wildman–Crippen MR) is 92.9 cm³/mol. The van der Waals surface area contributed by atoms with E-state index in [1.54, 1.807) is 30.3 Å². The number of rotatable bonds is 2. The topological polar surface area (TPSA) is 34.1 Å². The number of hydrogen-bond acceptors (Lipinski definition) is 2. The van der Waals surface area contributed by atoms with Crippen LogP contribution in [0.1, 0.15) is 17.5 Å². The van der Waals surface area contributed by atoms with Gasteiger partial charge in [-0.25, -0.2) is 8.42 Å². The average Bonchev–Trinajstić information content (AvgIpc) is 3.01. The highest BCUT2D eigenvalue weighted by Crippen LogP contribution is 2.38. The fraction of sp³-hybridized carbons (Fsp3) is 0.158. The summed E-state index contributed by atoms with van der Waals surface area (Å²) in [6.45, 7) is 0. The molecule has 1 aliphatic carbocycles. The van der Waals surface area contributed by atoms with Gasteiger partial charge in [-0.2, -0.15) is 0 Å². The van der Waals surface area contributed by atoms with Crippen LogP contribution in [0.5, 0.6) is 0 Å². The van der Waals surface area contributed by atoms with Crippen LogP contribution in [0.3, 0.4) is 0 Å². The normalized spacial score (nSPS) is 14.1. The largest absolute Gasteiger partial charge is 0.218 e. The van der Waals surface area contributed by atoms with Gasteiger partial charge in [0, 0.05) is 10.4 Å². The van der Waals surface area contributed by atoms with Gasteiger partial charge in [-0.3, -0.25) is 0 Å². The third-order valence-corrected chi connectivity index (χ3v) is 6.58. The Bertz CT molecular complexity index is 1010. The molecule has 3 aromatic carbocycles. The van der Waals surface area contributed by atoms with E-state index in [9.17, 15) is 8.42 Å². The molecule has 0 N–H and O–H groups in total. The van der Waals surface area contributed by atoms with Crippen molar-refractivity contribution < 1.29 is 8.42 Å². The summed E-state index contributed by atoms with van der Waals surface area (Å²) in [7, 11) is -3.57. The number of hydrogen-bond donors (Lipinski definition) is 0. The maximum absolute atomic E-state index is 13.3. The van der Waals surface area contributed by atoms with Crippen LogP contribution >= 0.6 is 11.6 Å². The monoisotopic (exact) mass is 342 g/mol. The molecule has 2 nitrogen and oxygen atoms in total. The zero-order chi connectivity index (χ0) is 16.0. The van der Waals surface area contributed by atoms with E-state index in [0.717, 1.165) is 41.2 Å². The lowest BCUT2D eigenvalue weighted by Gasteiger charge is -2.14. The first-order chi connectivity index (χ1) is 11.1. The minimum atomic E-state index is -3.57. The van der Waals surface area contributed by atoms with E-state index in [0.29, 0.717) is 14.8 Å². The summed E-state index contributed by atoms with van der Waals surface area (Å²) in [6.07, 6.45) is 2.74. The average molecular weight is 343 g/mol. The number of halogens is 1. The molecule has 4 heteroatoms. The molecule has 0 aliphatic heterocycles. The molecule has 3 aromatic rings. The fourth-order valence-corrected chi connectivity index (χ4v) is 5.36. The van der Waals surface area contributed by atoms with E-state index in [1.807, 2.05) is 18.2 Å². The molecular formula is C19H15ClO2S. The highest BCUT2D eigenvalue weighted by Gasteiger charge is 2.28. The first-order valence-electron chi connectivity index (χ1n) is 7.61. The first-order valence-corrected chi connectivity index (χ1v) is 9.47. The third-order valence-electron chi connectivity index (χ3n) is 4.45. The molecule has 0 unspecified atom stereocenters. The zero-order valence-corrected chi connectivity index (χ0v) is 14.0. The van der Waals surface area contributed by atoms with Crippen molar-refractivity contribution >= 4 is 32.2 Å². The van der Waals surface area contributed by atoms with Crippen LogP contribution in [0.25, 0.3) is 10.8 Å². The summed E-state index contributed by atoms with van der Waals surface area (Å²) in [5.41, 5.74) is 2.11. The van der Waals surface area contributed by atoms with Gasteiger partial charge in [0.2, 0.25) is 9.84 Å². The van der Waals surface area contributed by atoms with Crippen LogP contribution in [0.15, 0.2) is 64.4 Å². The van der Waals surface area contributed by atoms with E-state index in [2.05, 4.69) is 6.07 Å². The van der Waals surface area contributed by atoms with Crippen molar-refractivity contribution in [1.82, 2.24) is 0 Å². The van der Waals surface area contributed by atoms with Gasteiger partial charge in [-0.15, -0.1) is 0 Å². The van der Waals surface area contributed by atoms with E-state index in [-0.39, 0.29) is 0 Å². The molecule has 0 fully saturated rings. The van der Waals surface area contributed by atoms with Crippen molar-refractivity contribution in [2.75, 3.05) is 0 Å². The second kappa shape index (κ2) is 5.36. The summed E-state index contributed by atoms with van der Waals surface area (Å²) >= 11 is 6.14. The minimum absolute atomic E-state index is 0.335. The maximum atomic E-state index is 13.3. The molecule has 0 radical (unpaired) electrons. The lowest BCUT2D eigenvalue weighted by Crippen LogP contribution is -2.07. The number of fused-ring (bicyclic) bond motifs is 2. The van der Waals surface area contributed by atoms with Gasteiger partial charge in [0.25, 0.3) is 0 Å². The van der Waals surface area contributed by atoms with E-state index in [1.165, 1.54) is 0 Å². The molecule has 0 saturated carbocycles. The van der Waals surface area contributed by atoms with Crippen LogP contribution in [0, 0.1) is 0 Å². The Morgan fingerprint density at radius 1 is 0.913 bits per heavy atom. The molecule has 23 heavy (non-hydrogen) atoms. The summed E-state index contributed by atoms with van der Waals surface area (Å²) < 4.78 is 26.6. The first kappa shape index (κ1) is 14.7. The van der Waals surface area contributed by atoms with E-state index < -0.39 is 9.84 Å². The van der Waals surface area contributed by atoms with Crippen molar-refractivity contribution in [3.8, 4) is 0 Å². The molecule has 0 amide bonds. The molecule has 0 aromatic heterocycles. The molecule has 116 valence electrons. The predicted octanol–water partition coefficient (Wildman–Crippen LogP) is 4.81. The molecular weight excluding hydrogens is 328 g/mol. The second-order valence-electron chi connectivity index (χ2n) is 5.88. The lowest BCUT2D eigenvalue weighted by atomic mass is 10.0. The van der Waals surface area contributed by atoms with Crippen molar-refractivity contribution in [3.05, 3.63) is 70.7 Å². The number of aryl methyl sites for hydroxylation is 1. The zero-order valence-electron chi connectivity index (χ0n) is 12.4. The molecule has 0 bridgehead atoms. The van der Waals surface area contributed by atoms with Gasteiger partial charge in [-0.1, -0.05) is 41.9 Å². The van der Waals surface area contributed by atoms with Crippen LogP contribution in [0.4, 0.5) is 0 Å². The number of benzene rings is 3. The summed E-state index contributed by atoms with van der Waals surface area (Å²) in [6, 6.07) is 16.2. The van der Waals surface area contributed by atoms with Crippen LogP contribution in [0.2, 0.25) is 5.02 Å². The maximum Gasteiger partial charge on any atom is 0.207 e. The van der Waals surface area contributed by atoms with Gasteiger partial charge < -0.3 is 0 Å². The molecule has 0 atom stereocenters. The van der Waals surface area contributed by atoms with Gasteiger partial charge in [0.15, 0.2) is 0 Å². The summed E-state index contributed by atoms with van der Waals surface area (Å²) in [4.78, 5) is 0.776. The molecule has 0 saturated heterocycles. The molecule has 0 spiro atoms. The Hall–Kier alpha value is -1.84. The summed E-state index contributed by atoms with van der Waals surface area (Å²) in [5, 5.41) is 2.21. The Balaban J connectivity index is 2.12. The standard InChI is InChI=1S/C19H15ClO2S/c20-15-10-9-14-11-13-5-4-8-17(13)19(18(14)12-15)23(21,22)16-6-2-1-3-7-16/h1-3,6-7,9-12H,4-5,8H2. The highest BCUT2D eigenvalue weighted by molar-refractivity contribution is 7.91. The third kappa shape index (κ3) is 2.35. The van der Waals surface area contributed by atoms with Crippen molar-refractivity contribution in [2.45, 2.75) is 29.1 Å². The highest BCUT2D eigenvalue weighted by atomic mass is 35.5. The second-order valence-corrected chi connectivity index (χ2v) is 8.20. The Labute approximate surface area is 140 Å². The molecule has 4 rings (SSSR count). The van der Waals surface area contributed by atoms with Gasteiger partial charge in [-0.05, 0) is 60.0 Å². The molecule has 1 aliphatic rings. The smallest absolute Gasteiger partial charge is 0.207 e. The van der Waals surface area contributed by atoms with Crippen LogP contribution < -0.4 is 0 Å². The van der Waals surface area contributed by atoms with E-state index >= 15 is 0 Å². The van der Waals surface area contributed by atoms with E-state index in [4.69, 9.17) is 11.6 Å². The molecule has 0 heterocycles. The van der Waals surface area contributed by atoms with Gasteiger partial charge >= 0.3 is 0 Å². The SMILES string of the molecule is O=S(=O)(c1ccccc1)c1c2c(cc3ccc(Cl)cc13)CCC2. The summed E-state index contributed by atoms with van der Waals surface area (Å²) in [5.74, 6) is 0. The Kier molecular flexibility index (Phi) is 3.43. The Morgan fingerprint density at radius 2 is 1.70 bits per heavy atom. The number of sulfone groups is 1. The van der Waals surface area contributed by atoms with Crippen LogP contribution in [-0.2, 0) is 22.7 Å². The van der Waals surface area contributed by atoms with Crippen molar-refractivity contribution in [2.24, 2.45) is 0 Å². The fourth-order valence-electron chi connectivity index (χ4n) is 3.41. The quantitative estimate of drug-likeness (QED) is 0.669. The lowest BCUT2D eigenvalue weighted by molar-refractivity contribution is 0.596. The van der Waals surface area contributed by atoms with Crippen molar-refractivity contribution in [1.29, 1.82) is 0 Å².